The van der Waals surface area contributed by atoms with Crippen LogP contribution in [0.4, 0.5) is 4.39 Å². The van der Waals surface area contributed by atoms with E-state index in [1.54, 1.807) is 11.0 Å². The van der Waals surface area contributed by atoms with Gasteiger partial charge in [-0.3, -0.25) is 19.3 Å². The van der Waals surface area contributed by atoms with Gasteiger partial charge in [-0.15, -0.1) is 0 Å². The van der Waals surface area contributed by atoms with Gasteiger partial charge in [0.2, 0.25) is 17.7 Å². The Labute approximate surface area is 193 Å². The van der Waals surface area contributed by atoms with E-state index in [1.807, 2.05) is 31.2 Å². The maximum Gasteiger partial charge on any atom is 0.240 e. The zero-order valence-corrected chi connectivity index (χ0v) is 19.1. The summed E-state index contributed by atoms with van der Waals surface area (Å²) in [5.74, 6) is -0.785. The highest BCUT2D eigenvalue weighted by Crippen LogP contribution is 2.41. The fourth-order valence-corrected chi connectivity index (χ4v) is 4.90. The SMILES string of the molecule is Cc1cccc(OC[C@H]2CCCN(C(=O)C[C@@]3(c4ccccc4F)CC(=O)N(C)C3=O)C2)c1. The van der Waals surface area contributed by atoms with Crippen molar-refractivity contribution < 1.29 is 23.5 Å². The summed E-state index contributed by atoms with van der Waals surface area (Å²) in [6, 6.07) is 13.8. The quantitative estimate of drug-likeness (QED) is 0.630. The van der Waals surface area contributed by atoms with E-state index in [-0.39, 0.29) is 30.2 Å². The molecule has 2 aliphatic rings. The third-order valence-corrected chi connectivity index (χ3v) is 6.73. The van der Waals surface area contributed by atoms with E-state index in [0.717, 1.165) is 29.1 Å². The topological polar surface area (TPSA) is 66.9 Å². The molecule has 2 aromatic carbocycles. The van der Waals surface area contributed by atoms with Gasteiger partial charge in [-0.1, -0.05) is 30.3 Å². The summed E-state index contributed by atoms with van der Waals surface area (Å²) in [5, 5.41) is 0. The smallest absolute Gasteiger partial charge is 0.240 e. The highest BCUT2D eigenvalue weighted by atomic mass is 19.1. The second-order valence-electron chi connectivity index (χ2n) is 9.15. The van der Waals surface area contributed by atoms with Crippen molar-refractivity contribution in [2.24, 2.45) is 5.92 Å². The molecule has 2 fully saturated rings. The number of carbonyl (C=O) groups is 3. The van der Waals surface area contributed by atoms with E-state index in [1.165, 1.54) is 25.2 Å². The van der Waals surface area contributed by atoms with E-state index in [4.69, 9.17) is 4.74 Å². The lowest BCUT2D eigenvalue weighted by atomic mass is 9.75. The first-order chi connectivity index (χ1) is 15.8. The molecule has 2 heterocycles. The maximum atomic E-state index is 14.7. The van der Waals surface area contributed by atoms with Crippen molar-refractivity contribution in [1.29, 1.82) is 0 Å². The minimum Gasteiger partial charge on any atom is -0.493 e. The van der Waals surface area contributed by atoms with E-state index < -0.39 is 23.0 Å². The fraction of sp³-hybridized carbons (Fsp3) is 0.423. The van der Waals surface area contributed by atoms with Crippen LogP contribution < -0.4 is 4.74 Å². The molecular weight excluding hydrogens is 423 g/mol. The monoisotopic (exact) mass is 452 g/mol. The molecule has 6 nitrogen and oxygen atoms in total. The standard InChI is InChI=1S/C26H29FN2O4/c1-18-7-5-9-20(13-18)33-17-19-8-6-12-29(16-19)24(31)15-26(14-23(30)28(2)25(26)32)21-10-3-4-11-22(21)27/h3-5,7,9-11,13,19H,6,8,12,14-17H2,1-2H3/t19-,26+/m0/s1. The van der Waals surface area contributed by atoms with Gasteiger partial charge >= 0.3 is 0 Å². The molecule has 174 valence electrons. The molecular formula is C26H29FN2O4. The normalized spacial score (nSPS) is 23.2. The average molecular weight is 453 g/mol. The van der Waals surface area contributed by atoms with Gasteiger partial charge in [-0.25, -0.2) is 4.39 Å². The summed E-state index contributed by atoms with van der Waals surface area (Å²) in [6.07, 6.45) is 1.33. The lowest BCUT2D eigenvalue weighted by Gasteiger charge is -2.35. The van der Waals surface area contributed by atoms with Gasteiger partial charge in [0.1, 0.15) is 11.6 Å². The van der Waals surface area contributed by atoms with Gasteiger partial charge < -0.3 is 9.64 Å². The van der Waals surface area contributed by atoms with Crippen LogP contribution in [0.25, 0.3) is 0 Å². The second kappa shape index (κ2) is 9.33. The van der Waals surface area contributed by atoms with Gasteiger partial charge in [0, 0.05) is 44.5 Å². The molecule has 0 aliphatic carbocycles. The number of carbonyl (C=O) groups excluding carboxylic acids is 3. The molecule has 0 radical (unpaired) electrons. The molecule has 3 amide bonds. The molecule has 0 N–H and O–H groups in total. The first kappa shape index (κ1) is 23.0. The number of piperidine rings is 1. The predicted octanol–water partition coefficient (Wildman–Crippen LogP) is 3.47. The molecule has 0 bridgehead atoms. The largest absolute Gasteiger partial charge is 0.493 e. The number of nitrogens with zero attached hydrogens (tertiary/aromatic N) is 2. The Morgan fingerprint density at radius 2 is 1.97 bits per heavy atom. The summed E-state index contributed by atoms with van der Waals surface area (Å²) in [5.41, 5.74) is -0.274. The molecule has 0 unspecified atom stereocenters. The molecule has 2 saturated heterocycles. The zero-order chi connectivity index (χ0) is 23.6. The van der Waals surface area contributed by atoms with E-state index >= 15 is 0 Å². The van der Waals surface area contributed by atoms with Crippen LogP contribution in [-0.4, -0.2) is 54.3 Å². The lowest BCUT2D eigenvalue weighted by Crippen LogP contribution is -2.46. The van der Waals surface area contributed by atoms with Crippen LogP contribution in [-0.2, 0) is 19.8 Å². The molecule has 2 aliphatic heterocycles. The van der Waals surface area contributed by atoms with Crippen molar-refractivity contribution in [3.63, 3.8) is 0 Å². The van der Waals surface area contributed by atoms with Crippen molar-refractivity contribution in [3.8, 4) is 5.75 Å². The highest BCUT2D eigenvalue weighted by molar-refractivity contribution is 6.10. The third kappa shape index (κ3) is 4.63. The minimum atomic E-state index is -1.50. The van der Waals surface area contributed by atoms with Gasteiger partial charge in [0.15, 0.2) is 0 Å². The predicted molar refractivity (Wildman–Crippen MR) is 121 cm³/mol. The first-order valence-electron chi connectivity index (χ1n) is 11.3. The number of benzene rings is 2. The number of hydrogen-bond acceptors (Lipinski definition) is 4. The Bertz CT molecular complexity index is 1070. The molecule has 7 heteroatoms. The average Bonchev–Trinajstić information content (AvgIpc) is 3.02. The molecule has 2 atom stereocenters. The molecule has 33 heavy (non-hydrogen) atoms. The number of amides is 3. The minimum absolute atomic E-state index is 0.109. The van der Waals surface area contributed by atoms with Crippen LogP contribution in [0.15, 0.2) is 48.5 Å². The Morgan fingerprint density at radius 3 is 2.67 bits per heavy atom. The van der Waals surface area contributed by atoms with Crippen molar-refractivity contribution in [2.45, 2.75) is 38.0 Å². The fourth-order valence-electron chi connectivity index (χ4n) is 4.90. The number of halogens is 1. The molecule has 2 aromatic rings. The number of rotatable bonds is 6. The van der Waals surface area contributed by atoms with Crippen molar-refractivity contribution in [2.75, 3.05) is 26.7 Å². The number of imide groups is 1. The molecule has 4 rings (SSSR count). The Morgan fingerprint density at radius 1 is 1.18 bits per heavy atom. The highest BCUT2D eigenvalue weighted by Gasteiger charge is 2.54. The number of aryl methyl sites for hydroxylation is 1. The molecule has 0 spiro atoms. The van der Waals surface area contributed by atoms with Gasteiger partial charge in [0.25, 0.3) is 0 Å². The van der Waals surface area contributed by atoms with Crippen molar-refractivity contribution in [1.82, 2.24) is 9.80 Å². The van der Waals surface area contributed by atoms with Crippen LogP contribution >= 0.6 is 0 Å². The van der Waals surface area contributed by atoms with Gasteiger partial charge in [0.05, 0.1) is 12.0 Å². The van der Waals surface area contributed by atoms with Gasteiger partial charge in [-0.2, -0.15) is 0 Å². The summed E-state index contributed by atoms with van der Waals surface area (Å²) in [4.78, 5) is 41.6. The summed E-state index contributed by atoms with van der Waals surface area (Å²) in [6.45, 7) is 3.58. The maximum absolute atomic E-state index is 14.7. The van der Waals surface area contributed by atoms with Crippen LogP contribution in [0, 0.1) is 18.7 Å². The summed E-state index contributed by atoms with van der Waals surface area (Å²) in [7, 11) is 1.39. The van der Waals surface area contributed by atoms with E-state index in [2.05, 4.69) is 0 Å². The van der Waals surface area contributed by atoms with E-state index in [9.17, 15) is 18.8 Å². The van der Waals surface area contributed by atoms with Crippen LogP contribution in [0.3, 0.4) is 0 Å². The Balaban J connectivity index is 1.48. The van der Waals surface area contributed by atoms with Crippen LogP contribution in [0.1, 0.15) is 36.8 Å². The van der Waals surface area contributed by atoms with Crippen LogP contribution in [0.5, 0.6) is 5.75 Å². The molecule has 0 aromatic heterocycles. The second-order valence-corrected chi connectivity index (χ2v) is 9.15. The van der Waals surface area contributed by atoms with Gasteiger partial charge in [-0.05, 0) is 43.5 Å². The Kier molecular flexibility index (Phi) is 6.49. The van der Waals surface area contributed by atoms with Crippen molar-refractivity contribution >= 4 is 17.7 Å². The van der Waals surface area contributed by atoms with E-state index in [0.29, 0.717) is 19.7 Å². The van der Waals surface area contributed by atoms with Crippen LogP contribution in [0.2, 0.25) is 0 Å². The third-order valence-electron chi connectivity index (χ3n) is 6.73. The molecule has 0 saturated carbocycles. The summed E-state index contributed by atoms with van der Waals surface area (Å²) >= 11 is 0. The number of hydrogen-bond donors (Lipinski definition) is 0. The number of likely N-dealkylation sites (tertiary alicyclic amines) is 2. The van der Waals surface area contributed by atoms with Crippen molar-refractivity contribution in [3.05, 3.63) is 65.5 Å². The first-order valence-corrected chi connectivity index (χ1v) is 11.3. The Hall–Kier alpha value is -3.22. The number of likely N-dealkylation sites (N-methyl/N-ethyl adjacent to an activating group) is 1. The zero-order valence-electron chi connectivity index (χ0n) is 19.1. The summed E-state index contributed by atoms with van der Waals surface area (Å²) < 4.78 is 20.7. The number of ether oxygens (including phenoxy) is 1. The lowest BCUT2D eigenvalue weighted by molar-refractivity contribution is -0.142.